The topological polar surface area (TPSA) is 67.9 Å². The van der Waals surface area contributed by atoms with Crippen molar-refractivity contribution in [1.82, 2.24) is 10.2 Å². The van der Waals surface area contributed by atoms with Gasteiger partial charge in [-0.1, -0.05) is 15.9 Å². The Bertz CT molecular complexity index is 657. The average molecular weight is 427 g/mol. The van der Waals surface area contributed by atoms with Crippen molar-refractivity contribution in [3.05, 3.63) is 33.8 Å². The highest BCUT2D eigenvalue weighted by atomic mass is 79.9. The predicted octanol–water partition coefficient (Wildman–Crippen LogP) is 3.72. The predicted molar refractivity (Wildman–Crippen MR) is 103 cm³/mol. The van der Waals surface area contributed by atoms with Crippen molar-refractivity contribution in [2.45, 2.75) is 51.8 Å². The number of nitrogens with zero attached hydrogens (tertiary/aromatic N) is 1. The Morgan fingerprint density at radius 2 is 2.08 bits per heavy atom. The number of ether oxygens (including phenoxy) is 2. The molecule has 0 saturated carbocycles. The second-order valence-electron chi connectivity index (χ2n) is 7.52. The second kappa shape index (κ2) is 8.86. The van der Waals surface area contributed by atoms with Gasteiger partial charge in [-0.05, 0) is 63.9 Å². The second-order valence-corrected chi connectivity index (χ2v) is 8.37. The van der Waals surface area contributed by atoms with Crippen LogP contribution in [0.1, 0.15) is 49.5 Å². The lowest BCUT2D eigenvalue weighted by atomic mass is 10.0. The van der Waals surface area contributed by atoms with Gasteiger partial charge in [-0.25, -0.2) is 9.59 Å². The zero-order valence-electron chi connectivity index (χ0n) is 15.8. The number of hydrogen-bond donors (Lipinski definition) is 1. The van der Waals surface area contributed by atoms with Gasteiger partial charge in [0.1, 0.15) is 5.60 Å². The first-order valence-electron chi connectivity index (χ1n) is 8.76. The highest BCUT2D eigenvalue weighted by Crippen LogP contribution is 2.22. The molecule has 1 fully saturated rings. The molecule has 1 heterocycles. The van der Waals surface area contributed by atoms with Crippen LogP contribution in [0.25, 0.3) is 0 Å². The van der Waals surface area contributed by atoms with E-state index in [9.17, 15) is 9.59 Å². The lowest BCUT2D eigenvalue weighted by Crippen LogP contribution is -2.48. The Hall–Kier alpha value is -1.60. The molecule has 7 heteroatoms. The van der Waals surface area contributed by atoms with Crippen molar-refractivity contribution < 1.29 is 19.1 Å². The molecular weight excluding hydrogens is 400 g/mol. The summed E-state index contributed by atoms with van der Waals surface area (Å²) in [5, 5.41) is 2.96. The van der Waals surface area contributed by atoms with Gasteiger partial charge in [0.2, 0.25) is 0 Å². The molecule has 1 saturated heterocycles. The van der Waals surface area contributed by atoms with Crippen LogP contribution in [0.5, 0.6) is 0 Å². The Morgan fingerprint density at radius 1 is 1.35 bits per heavy atom. The third kappa shape index (κ3) is 6.29. The monoisotopic (exact) mass is 426 g/mol. The summed E-state index contributed by atoms with van der Waals surface area (Å²) in [6, 6.07) is 5.51. The molecule has 1 aliphatic heterocycles. The number of likely N-dealkylation sites (tertiary alicyclic amines) is 1. The fourth-order valence-corrected chi connectivity index (χ4v) is 3.34. The summed E-state index contributed by atoms with van der Waals surface area (Å²) in [5.74, 6) is -0.345. The number of nitrogens with one attached hydrogen (secondary N) is 1. The molecule has 1 aromatic rings. The van der Waals surface area contributed by atoms with Gasteiger partial charge in [-0.3, -0.25) is 4.90 Å². The summed E-state index contributed by atoms with van der Waals surface area (Å²) in [6.45, 7) is 7.94. The van der Waals surface area contributed by atoms with Crippen molar-refractivity contribution in [2.24, 2.45) is 0 Å². The smallest absolute Gasteiger partial charge is 0.407 e. The van der Waals surface area contributed by atoms with E-state index in [4.69, 9.17) is 9.47 Å². The number of hydrogen-bond acceptors (Lipinski definition) is 5. The van der Waals surface area contributed by atoms with Crippen LogP contribution in [0.3, 0.4) is 0 Å². The minimum atomic E-state index is -0.502. The first-order valence-corrected chi connectivity index (χ1v) is 9.56. The van der Waals surface area contributed by atoms with Crippen molar-refractivity contribution in [1.29, 1.82) is 0 Å². The van der Waals surface area contributed by atoms with E-state index in [2.05, 4.69) is 26.1 Å². The van der Waals surface area contributed by atoms with E-state index < -0.39 is 5.60 Å². The quantitative estimate of drug-likeness (QED) is 0.742. The third-order valence-corrected chi connectivity index (χ3v) is 4.86. The average Bonchev–Trinajstić information content (AvgIpc) is 2.54. The first kappa shape index (κ1) is 20.7. The molecule has 0 spiro atoms. The molecule has 0 bridgehead atoms. The molecule has 1 atom stereocenters. The number of halogens is 1. The van der Waals surface area contributed by atoms with E-state index in [1.165, 1.54) is 7.11 Å². The Morgan fingerprint density at radius 3 is 2.73 bits per heavy atom. The van der Waals surface area contributed by atoms with E-state index >= 15 is 0 Å². The van der Waals surface area contributed by atoms with E-state index in [1.54, 1.807) is 6.07 Å². The van der Waals surface area contributed by atoms with E-state index in [0.29, 0.717) is 12.1 Å². The molecule has 0 aromatic heterocycles. The normalized spacial score (nSPS) is 18.3. The van der Waals surface area contributed by atoms with Gasteiger partial charge in [-0.2, -0.15) is 0 Å². The van der Waals surface area contributed by atoms with Crippen molar-refractivity contribution in [3.8, 4) is 0 Å². The summed E-state index contributed by atoms with van der Waals surface area (Å²) in [6.07, 6.45) is 1.55. The maximum absolute atomic E-state index is 12.0. The molecule has 1 unspecified atom stereocenters. The standard InChI is InChI=1S/C19H27BrN2O4/c1-19(2,3)26-18(24)21-15-6-5-9-22(12-15)11-14-10-13(17(23)25-4)7-8-16(14)20/h7-8,10,15H,5-6,9,11-12H2,1-4H3,(H,21,24). The number of benzene rings is 1. The molecule has 1 aliphatic rings. The van der Waals surface area contributed by atoms with Gasteiger partial charge in [0, 0.05) is 23.6 Å². The molecule has 26 heavy (non-hydrogen) atoms. The molecule has 0 aliphatic carbocycles. The van der Waals surface area contributed by atoms with Crippen LogP contribution >= 0.6 is 15.9 Å². The van der Waals surface area contributed by atoms with Crippen LogP contribution < -0.4 is 5.32 Å². The summed E-state index contributed by atoms with van der Waals surface area (Å²) in [4.78, 5) is 26.0. The number of piperidine rings is 1. The molecule has 144 valence electrons. The fourth-order valence-electron chi connectivity index (χ4n) is 2.97. The zero-order valence-corrected chi connectivity index (χ0v) is 17.4. The Labute approximate surface area is 163 Å². The van der Waals surface area contributed by atoms with Crippen LogP contribution in [0.2, 0.25) is 0 Å². The number of rotatable bonds is 4. The SMILES string of the molecule is COC(=O)c1ccc(Br)c(CN2CCCC(NC(=O)OC(C)(C)C)C2)c1. The van der Waals surface area contributed by atoms with Crippen molar-refractivity contribution in [3.63, 3.8) is 0 Å². The number of carbonyl (C=O) groups is 2. The Balaban J connectivity index is 1.98. The van der Waals surface area contributed by atoms with Gasteiger partial charge >= 0.3 is 12.1 Å². The van der Waals surface area contributed by atoms with Gasteiger partial charge < -0.3 is 14.8 Å². The molecule has 6 nitrogen and oxygen atoms in total. The van der Waals surface area contributed by atoms with Crippen LogP contribution in [0, 0.1) is 0 Å². The van der Waals surface area contributed by atoms with Crippen LogP contribution in [0.15, 0.2) is 22.7 Å². The largest absolute Gasteiger partial charge is 0.465 e. The number of carbonyl (C=O) groups excluding carboxylic acids is 2. The number of methoxy groups -OCH3 is 1. The van der Waals surface area contributed by atoms with Crippen LogP contribution in [0.4, 0.5) is 4.79 Å². The van der Waals surface area contributed by atoms with E-state index in [1.807, 2.05) is 32.9 Å². The highest BCUT2D eigenvalue weighted by molar-refractivity contribution is 9.10. The van der Waals surface area contributed by atoms with Gasteiger partial charge in [0.25, 0.3) is 0 Å². The van der Waals surface area contributed by atoms with Crippen LogP contribution in [-0.2, 0) is 16.0 Å². The summed E-state index contributed by atoms with van der Waals surface area (Å²) in [7, 11) is 1.38. The molecule has 1 amide bonds. The minimum Gasteiger partial charge on any atom is -0.465 e. The van der Waals surface area contributed by atoms with E-state index in [0.717, 1.165) is 36.0 Å². The molecule has 1 aromatic carbocycles. The highest BCUT2D eigenvalue weighted by Gasteiger charge is 2.24. The van der Waals surface area contributed by atoms with E-state index in [-0.39, 0.29) is 18.1 Å². The molecule has 0 radical (unpaired) electrons. The molecule has 2 rings (SSSR count). The van der Waals surface area contributed by atoms with Gasteiger partial charge in [-0.15, -0.1) is 0 Å². The summed E-state index contributed by atoms with van der Waals surface area (Å²) in [5.41, 5.74) is 1.05. The third-order valence-electron chi connectivity index (χ3n) is 4.09. The van der Waals surface area contributed by atoms with Gasteiger partial charge in [0.15, 0.2) is 0 Å². The minimum absolute atomic E-state index is 0.0566. The van der Waals surface area contributed by atoms with Gasteiger partial charge in [0.05, 0.1) is 12.7 Å². The van der Waals surface area contributed by atoms with Crippen molar-refractivity contribution >= 4 is 28.0 Å². The maximum atomic E-state index is 12.0. The lowest BCUT2D eigenvalue weighted by Gasteiger charge is -2.33. The number of alkyl carbamates (subject to hydrolysis) is 1. The molecular formula is C19H27BrN2O4. The fraction of sp³-hybridized carbons (Fsp3) is 0.579. The lowest BCUT2D eigenvalue weighted by molar-refractivity contribution is 0.0469. The summed E-state index contributed by atoms with van der Waals surface area (Å²) >= 11 is 3.55. The van der Waals surface area contributed by atoms with Crippen LogP contribution in [-0.4, -0.2) is 48.8 Å². The zero-order chi connectivity index (χ0) is 19.3. The molecule has 1 N–H and O–H groups in total. The Kier molecular flexibility index (Phi) is 7.06. The summed E-state index contributed by atoms with van der Waals surface area (Å²) < 4.78 is 11.1. The number of esters is 1. The first-order chi connectivity index (χ1) is 12.2. The maximum Gasteiger partial charge on any atom is 0.407 e. The number of amides is 1. The van der Waals surface area contributed by atoms with Crippen molar-refractivity contribution in [2.75, 3.05) is 20.2 Å².